The normalized spacial score (nSPS) is 13.6. The van der Waals surface area contributed by atoms with Gasteiger partial charge in [-0.25, -0.2) is 4.79 Å². The summed E-state index contributed by atoms with van der Waals surface area (Å²) in [5, 5.41) is 0.466. The van der Waals surface area contributed by atoms with E-state index < -0.39 is 42.5 Å². The molecule has 0 spiro atoms. The number of halogens is 4. The number of benzene rings is 2. The molecule has 1 aromatic heterocycles. The van der Waals surface area contributed by atoms with Gasteiger partial charge in [-0.3, -0.25) is 14.6 Å². The third-order valence-electron chi connectivity index (χ3n) is 6.98. The zero-order chi connectivity index (χ0) is 34.3. The Balaban J connectivity index is 1.63. The summed E-state index contributed by atoms with van der Waals surface area (Å²) in [5.74, 6) is -1.32. The van der Waals surface area contributed by atoms with Crippen LogP contribution in [0.2, 0.25) is 10.0 Å². The van der Waals surface area contributed by atoms with Gasteiger partial charge < -0.3 is 23.7 Å². The predicted octanol–water partition coefficient (Wildman–Crippen LogP) is 7.77. The van der Waals surface area contributed by atoms with Gasteiger partial charge in [0.05, 0.1) is 29.3 Å². The van der Waals surface area contributed by atoms with Gasteiger partial charge in [-0.2, -0.15) is 8.78 Å². The predicted molar refractivity (Wildman–Crippen MR) is 170 cm³/mol. The highest BCUT2D eigenvalue weighted by molar-refractivity contribution is 6.35. The Morgan fingerprint density at radius 3 is 2.28 bits per heavy atom. The van der Waals surface area contributed by atoms with Gasteiger partial charge >= 0.3 is 18.6 Å². The summed E-state index contributed by atoms with van der Waals surface area (Å²) in [5.41, 5.74) is 0.538. The van der Waals surface area contributed by atoms with Crippen molar-refractivity contribution in [3.05, 3.63) is 81.1 Å². The molecule has 1 saturated carbocycles. The Kier molecular flexibility index (Phi) is 12.0. The lowest BCUT2D eigenvalue weighted by Crippen LogP contribution is -2.25. The van der Waals surface area contributed by atoms with Crippen molar-refractivity contribution in [1.82, 2.24) is 4.98 Å². The fourth-order valence-electron chi connectivity index (χ4n) is 4.62. The van der Waals surface area contributed by atoms with Crippen molar-refractivity contribution in [2.75, 3.05) is 13.7 Å². The first-order valence-electron chi connectivity index (χ1n) is 14.8. The number of methoxy groups -OCH3 is 1. The Bertz CT molecular complexity index is 1590. The molecule has 1 aliphatic carbocycles. The minimum Gasteiger partial charge on any atom is -0.496 e. The summed E-state index contributed by atoms with van der Waals surface area (Å²) in [6, 6.07) is 8.71. The van der Waals surface area contributed by atoms with Crippen molar-refractivity contribution < 1.29 is 46.8 Å². The molecule has 0 N–H and O–H groups in total. The summed E-state index contributed by atoms with van der Waals surface area (Å²) in [6.45, 7) is 2.34. The van der Waals surface area contributed by atoms with Crippen LogP contribution in [-0.2, 0) is 31.9 Å². The smallest absolute Gasteiger partial charge is 0.387 e. The zero-order valence-corrected chi connectivity index (χ0v) is 27.8. The minimum absolute atomic E-state index is 0.000425. The highest BCUT2D eigenvalue weighted by atomic mass is 35.5. The molecule has 13 heteroatoms. The molecule has 0 aliphatic heterocycles. The first kappa shape index (κ1) is 35.9. The van der Waals surface area contributed by atoms with Gasteiger partial charge in [-0.05, 0) is 81.0 Å². The number of aromatic nitrogens is 1. The molecule has 1 aliphatic rings. The largest absolute Gasteiger partial charge is 0.496 e. The third kappa shape index (κ3) is 10.8. The second-order valence-corrected chi connectivity index (χ2v) is 12.8. The maximum Gasteiger partial charge on any atom is 0.387 e. The van der Waals surface area contributed by atoms with Gasteiger partial charge in [0.25, 0.3) is 0 Å². The van der Waals surface area contributed by atoms with Gasteiger partial charge in [-0.15, -0.1) is 0 Å². The number of esters is 2. The molecule has 0 bridgehead atoms. The number of carbonyl (C=O) groups excluding carboxylic acids is 3. The van der Waals surface area contributed by atoms with E-state index in [4.69, 9.17) is 42.1 Å². The number of ether oxygens (including phenoxy) is 5. The molecule has 0 unspecified atom stereocenters. The first-order valence-corrected chi connectivity index (χ1v) is 15.6. The number of pyridine rings is 1. The van der Waals surface area contributed by atoms with Gasteiger partial charge in [0, 0.05) is 30.8 Å². The molecule has 4 rings (SSSR count). The standard InChI is InChI=1S/C34H35Cl2F2NO8/c1-34(2,3)47-31(41)14-23(40)12-22-11-21(8-9-27(22)43-4)32(42)45-29(15-24-25(35)16-39-17-26(24)36)20-7-10-28(46-33(37)38)30(13-20)44-18-19-5-6-19/h7-11,13,16-17,19,29,33H,5-6,12,14-15,18H2,1-4H3/t29-/m0/s1. The van der Waals surface area contributed by atoms with Crippen LogP contribution in [0, 0.1) is 5.92 Å². The molecule has 2 aromatic carbocycles. The number of alkyl halides is 2. The summed E-state index contributed by atoms with van der Waals surface area (Å²) in [6.07, 6.45) is 3.05. The van der Waals surface area contributed by atoms with Crippen LogP contribution in [0.25, 0.3) is 0 Å². The molecule has 1 heterocycles. The molecular weight excluding hydrogens is 659 g/mol. The van der Waals surface area contributed by atoms with Crippen molar-refractivity contribution in [3.63, 3.8) is 0 Å². The topological polar surface area (TPSA) is 110 Å². The van der Waals surface area contributed by atoms with Crippen LogP contribution in [0.3, 0.4) is 0 Å². The van der Waals surface area contributed by atoms with Crippen molar-refractivity contribution in [2.45, 2.75) is 71.2 Å². The van der Waals surface area contributed by atoms with Crippen LogP contribution in [-0.4, -0.2) is 48.6 Å². The highest BCUT2D eigenvalue weighted by Crippen LogP contribution is 2.38. The molecule has 9 nitrogen and oxygen atoms in total. The van der Waals surface area contributed by atoms with Gasteiger partial charge in [0.2, 0.25) is 0 Å². The van der Waals surface area contributed by atoms with E-state index in [1.165, 1.54) is 55.9 Å². The lowest BCUT2D eigenvalue weighted by atomic mass is 10.0. The Hall–Kier alpha value is -3.96. The van der Waals surface area contributed by atoms with E-state index in [9.17, 15) is 23.2 Å². The number of rotatable bonds is 15. The lowest BCUT2D eigenvalue weighted by Gasteiger charge is -2.22. The van der Waals surface area contributed by atoms with Gasteiger partial charge in [0.1, 0.15) is 29.7 Å². The Morgan fingerprint density at radius 1 is 0.979 bits per heavy atom. The number of hydrogen-bond acceptors (Lipinski definition) is 9. The van der Waals surface area contributed by atoms with Crippen LogP contribution in [0.1, 0.15) is 73.2 Å². The van der Waals surface area contributed by atoms with E-state index in [1.54, 1.807) is 20.8 Å². The summed E-state index contributed by atoms with van der Waals surface area (Å²) >= 11 is 12.8. The van der Waals surface area contributed by atoms with Crippen LogP contribution >= 0.6 is 23.2 Å². The molecule has 252 valence electrons. The summed E-state index contributed by atoms with van der Waals surface area (Å²) in [4.78, 5) is 42.5. The van der Waals surface area contributed by atoms with E-state index in [-0.39, 0.29) is 39.9 Å². The maximum absolute atomic E-state index is 13.6. The fraction of sp³-hybridized carbons (Fsp3) is 0.412. The summed E-state index contributed by atoms with van der Waals surface area (Å²) < 4.78 is 53.4. The molecule has 0 saturated heterocycles. The second-order valence-electron chi connectivity index (χ2n) is 12.0. The van der Waals surface area contributed by atoms with E-state index >= 15 is 0 Å². The molecule has 0 radical (unpaired) electrons. The molecular formula is C34H35Cl2F2NO8. The van der Waals surface area contributed by atoms with E-state index in [2.05, 4.69) is 9.72 Å². The quantitative estimate of drug-likeness (QED) is 0.116. The number of ketones is 1. The van der Waals surface area contributed by atoms with Crippen molar-refractivity contribution in [3.8, 4) is 17.2 Å². The van der Waals surface area contributed by atoms with Crippen LogP contribution < -0.4 is 14.2 Å². The fourth-order valence-corrected chi connectivity index (χ4v) is 5.14. The van der Waals surface area contributed by atoms with E-state index in [0.29, 0.717) is 35.0 Å². The monoisotopic (exact) mass is 693 g/mol. The van der Waals surface area contributed by atoms with Gasteiger partial charge in [-0.1, -0.05) is 29.3 Å². The zero-order valence-electron chi connectivity index (χ0n) is 26.3. The molecule has 1 atom stereocenters. The number of hydrogen-bond donors (Lipinski definition) is 0. The van der Waals surface area contributed by atoms with E-state index in [0.717, 1.165) is 12.8 Å². The van der Waals surface area contributed by atoms with Crippen LogP contribution in [0.4, 0.5) is 8.78 Å². The van der Waals surface area contributed by atoms with Crippen molar-refractivity contribution >= 4 is 40.9 Å². The minimum atomic E-state index is -3.08. The maximum atomic E-state index is 13.6. The SMILES string of the molecule is COc1ccc(C(=O)O[C@@H](Cc2c(Cl)cncc2Cl)c2ccc(OC(F)F)c(OCC3CC3)c2)cc1CC(=O)CC(=O)OC(C)(C)C. The van der Waals surface area contributed by atoms with Crippen LogP contribution in [0.5, 0.6) is 17.2 Å². The van der Waals surface area contributed by atoms with E-state index in [1.807, 2.05) is 0 Å². The molecule has 0 amide bonds. The second kappa shape index (κ2) is 15.8. The average molecular weight is 695 g/mol. The lowest BCUT2D eigenvalue weighted by molar-refractivity contribution is -0.156. The highest BCUT2D eigenvalue weighted by Gasteiger charge is 2.27. The Labute approximate surface area is 281 Å². The number of carbonyl (C=O) groups is 3. The van der Waals surface area contributed by atoms with Crippen molar-refractivity contribution in [1.29, 1.82) is 0 Å². The molecule has 47 heavy (non-hydrogen) atoms. The van der Waals surface area contributed by atoms with Gasteiger partial charge in [0.15, 0.2) is 11.5 Å². The molecule has 1 fully saturated rings. The summed E-state index contributed by atoms with van der Waals surface area (Å²) in [7, 11) is 1.41. The first-order chi connectivity index (χ1) is 22.2. The number of nitrogens with zero attached hydrogens (tertiary/aromatic N) is 1. The number of Topliss-reactive ketones (excluding diaryl/α,β-unsaturated/α-hetero) is 1. The third-order valence-corrected chi connectivity index (χ3v) is 7.63. The Morgan fingerprint density at radius 2 is 1.66 bits per heavy atom. The van der Waals surface area contributed by atoms with Crippen molar-refractivity contribution in [2.24, 2.45) is 5.92 Å². The average Bonchev–Trinajstić information content (AvgIpc) is 3.81. The van der Waals surface area contributed by atoms with Crippen LogP contribution in [0.15, 0.2) is 48.8 Å². The molecule has 3 aromatic rings.